The SMILES string of the molecule is CCOc1ccc(C=NNC(=O)COc2cc(C)ccc2C)cc1OC. The van der Waals surface area contributed by atoms with Gasteiger partial charge in [0.2, 0.25) is 0 Å². The van der Waals surface area contributed by atoms with Crippen LogP contribution >= 0.6 is 0 Å². The molecule has 1 amide bonds. The van der Waals surface area contributed by atoms with Gasteiger partial charge in [0.1, 0.15) is 5.75 Å². The van der Waals surface area contributed by atoms with Crippen molar-refractivity contribution in [3.63, 3.8) is 0 Å². The summed E-state index contributed by atoms with van der Waals surface area (Å²) in [4.78, 5) is 11.9. The number of carbonyl (C=O) groups is 1. The molecule has 0 aliphatic carbocycles. The summed E-state index contributed by atoms with van der Waals surface area (Å²) in [6.45, 7) is 6.27. The van der Waals surface area contributed by atoms with Crippen molar-refractivity contribution >= 4 is 12.1 Å². The van der Waals surface area contributed by atoms with Crippen molar-refractivity contribution in [1.82, 2.24) is 5.43 Å². The second-order valence-electron chi connectivity index (χ2n) is 5.69. The molecule has 2 aromatic rings. The molecule has 0 radical (unpaired) electrons. The third-order valence-corrected chi connectivity index (χ3v) is 3.59. The molecule has 0 atom stereocenters. The van der Waals surface area contributed by atoms with Gasteiger partial charge < -0.3 is 14.2 Å². The highest BCUT2D eigenvalue weighted by molar-refractivity contribution is 5.83. The van der Waals surface area contributed by atoms with Crippen LogP contribution in [0.3, 0.4) is 0 Å². The molecule has 6 heteroatoms. The minimum absolute atomic E-state index is 0.103. The molecule has 2 rings (SSSR count). The van der Waals surface area contributed by atoms with Crippen LogP contribution < -0.4 is 19.6 Å². The van der Waals surface area contributed by atoms with Crippen LogP contribution in [0.15, 0.2) is 41.5 Å². The monoisotopic (exact) mass is 356 g/mol. The van der Waals surface area contributed by atoms with Gasteiger partial charge in [0.25, 0.3) is 5.91 Å². The number of nitrogens with one attached hydrogen (secondary N) is 1. The Morgan fingerprint density at radius 2 is 1.88 bits per heavy atom. The first kappa shape index (κ1) is 19.3. The van der Waals surface area contributed by atoms with Crippen molar-refractivity contribution in [3.05, 3.63) is 53.1 Å². The molecule has 0 heterocycles. The average molecular weight is 356 g/mol. The lowest BCUT2D eigenvalue weighted by Crippen LogP contribution is -2.24. The number of rotatable bonds is 8. The van der Waals surface area contributed by atoms with Gasteiger partial charge in [-0.3, -0.25) is 4.79 Å². The molecule has 0 saturated heterocycles. The van der Waals surface area contributed by atoms with E-state index in [2.05, 4.69) is 10.5 Å². The highest BCUT2D eigenvalue weighted by Gasteiger charge is 2.06. The first-order chi connectivity index (χ1) is 12.5. The van der Waals surface area contributed by atoms with Gasteiger partial charge >= 0.3 is 0 Å². The summed E-state index contributed by atoms with van der Waals surface area (Å²) in [6, 6.07) is 11.3. The van der Waals surface area contributed by atoms with Gasteiger partial charge in [0, 0.05) is 0 Å². The van der Waals surface area contributed by atoms with Gasteiger partial charge in [-0.05, 0) is 61.7 Å². The summed E-state index contributed by atoms with van der Waals surface area (Å²) in [5.74, 6) is 1.64. The van der Waals surface area contributed by atoms with Crippen molar-refractivity contribution < 1.29 is 19.0 Å². The zero-order valence-electron chi connectivity index (χ0n) is 15.5. The Hall–Kier alpha value is -3.02. The molecule has 0 unspecified atom stereocenters. The van der Waals surface area contributed by atoms with Crippen molar-refractivity contribution in [2.75, 3.05) is 20.3 Å². The molecule has 0 aliphatic heterocycles. The number of hydrogen-bond acceptors (Lipinski definition) is 5. The fraction of sp³-hybridized carbons (Fsp3) is 0.300. The minimum Gasteiger partial charge on any atom is -0.493 e. The van der Waals surface area contributed by atoms with Crippen LogP contribution in [0.1, 0.15) is 23.6 Å². The van der Waals surface area contributed by atoms with Crippen LogP contribution in [0.5, 0.6) is 17.2 Å². The van der Waals surface area contributed by atoms with E-state index in [4.69, 9.17) is 14.2 Å². The summed E-state index contributed by atoms with van der Waals surface area (Å²) < 4.78 is 16.3. The molecule has 138 valence electrons. The molecule has 0 aromatic heterocycles. The lowest BCUT2D eigenvalue weighted by Gasteiger charge is -2.09. The van der Waals surface area contributed by atoms with E-state index < -0.39 is 0 Å². The first-order valence-corrected chi connectivity index (χ1v) is 8.36. The van der Waals surface area contributed by atoms with E-state index in [9.17, 15) is 4.79 Å². The quantitative estimate of drug-likeness (QED) is 0.582. The van der Waals surface area contributed by atoms with Gasteiger partial charge in [-0.15, -0.1) is 0 Å². The second-order valence-corrected chi connectivity index (χ2v) is 5.69. The number of ether oxygens (including phenoxy) is 3. The van der Waals surface area contributed by atoms with E-state index in [1.54, 1.807) is 19.2 Å². The normalized spacial score (nSPS) is 10.6. The topological polar surface area (TPSA) is 69.2 Å². The van der Waals surface area contributed by atoms with Gasteiger partial charge in [-0.1, -0.05) is 12.1 Å². The lowest BCUT2D eigenvalue weighted by molar-refractivity contribution is -0.123. The maximum absolute atomic E-state index is 11.9. The average Bonchev–Trinajstić information content (AvgIpc) is 2.63. The van der Waals surface area contributed by atoms with Gasteiger partial charge in [0.15, 0.2) is 18.1 Å². The number of benzene rings is 2. The Kier molecular flexibility index (Phi) is 7.02. The van der Waals surface area contributed by atoms with Crippen LogP contribution in [-0.2, 0) is 4.79 Å². The maximum Gasteiger partial charge on any atom is 0.277 e. The number of hydrazone groups is 1. The molecular formula is C20H24N2O4. The Morgan fingerprint density at radius 3 is 2.62 bits per heavy atom. The van der Waals surface area contributed by atoms with E-state index in [-0.39, 0.29) is 12.5 Å². The highest BCUT2D eigenvalue weighted by Crippen LogP contribution is 2.27. The third-order valence-electron chi connectivity index (χ3n) is 3.59. The largest absolute Gasteiger partial charge is 0.493 e. The predicted octanol–water partition coefficient (Wildman–Crippen LogP) is 3.24. The number of amides is 1. The van der Waals surface area contributed by atoms with E-state index >= 15 is 0 Å². The van der Waals surface area contributed by atoms with Crippen LogP contribution in [0.25, 0.3) is 0 Å². The molecule has 0 aliphatic rings. The fourth-order valence-electron chi connectivity index (χ4n) is 2.26. The minimum atomic E-state index is -0.333. The Bertz CT molecular complexity index is 787. The van der Waals surface area contributed by atoms with E-state index in [0.29, 0.717) is 23.9 Å². The summed E-state index contributed by atoms with van der Waals surface area (Å²) in [5, 5.41) is 3.94. The number of hydrogen-bond donors (Lipinski definition) is 1. The van der Waals surface area contributed by atoms with Crippen LogP contribution in [0, 0.1) is 13.8 Å². The zero-order chi connectivity index (χ0) is 18.9. The van der Waals surface area contributed by atoms with Gasteiger partial charge in [-0.2, -0.15) is 5.10 Å². The van der Waals surface area contributed by atoms with Gasteiger partial charge in [-0.25, -0.2) is 5.43 Å². The fourth-order valence-corrected chi connectivity index (χ4v) is 2.26. The summed E-state index contributed by atoms with van der Waals surface area (Å²) in [7, 11) is 1.57. The molecule has 1 N–H and O–H groups in total. The maximum atomic E-state index is 11.9. The predicted molar refractivity (Wildman–Crippen MR) is 101 cm³/mol. The molecule has 2 aromatic carbocycles. The summed E-state index contributed by atoms with van der Waals surface area (Å²) in [5.41, 5.74) is 5.28. The molecule has 26 heavy (non-hydrogen) atoms. The number of carbonyl (C=O) groups excluding carboxylic acids is 1. The molecule has 0 saturated carbocycles. The zero-order valence-corrected chi connectivity index (χ0v) is 15.5. The van der Waals surface area contributed by atoms with Crippen LogP contribution in [0.2, 0.25) is 0 Å². The molecule has 6 nitrogen and oxygen atoms in total. The lowest BCUT2D eigenvalue weighted by atomic mass is 10.1. The number of methoxy groups -OCH3 is 1. The third kappa shape index (κ3) is 5.51. The number of aryl methyl sites for hydroxylation is 2. The van der Waals surface area contributed by atoms with E-state index in [0.717, 1.165) is 16.7 Å². The van der Waals surface area contributed by atoms with Crippen molar-refractivity contribution in [2.45, 2.75) is 20.8 Å². The summed E-state index contributed by atoms with van der Waals surface area (Å²) in [6.07, 6.45) is 1.54. The van der Waals surface area contributed by atoms with Crippen LogP contribution in [0.4, 0.5) is 0 Å². The van der Waals surface area contributed by atoms with Crippen molar-refractivity contribution in [1.29, 1.82) is 0 Å². The second kappa shape index (κ2) is 9.46. The van der Waals surface area contributed by atoms with E-state index in [1.807, 2.05) is 45.0 Å². The van der Waals surface area contributed by atoms with Crippen LogP contribution in [-0.4, -0.2) is 32.4 Å². The number of nitrogens with zero attached hydrogens (tertiary/aromatic N) is 1. The van der Waals surface area contributed by atoms with Crippen molar-refractivity contribution in [2.24, 2.45) is 5.10 Å². The Morgan fingerprint density at radius 1 is 1.08 bits per heavy atom. The summed E-state index contributed by atoms with van der Waals surface area (Å²) >= 11 is 0. The molecular weight excluding hydrogens is 332 g/mol. The highest BCUT2D eigenvalue weighted by atomic mass is 16.5. The smallest absolute Gasteiger partial charge is 0.277 e. The molecule has 0 bridgehead atoms. The van der Waals surface area contributed by atoms with Crippen molar-refractivity contribution in [3.8, 4) is 17.2 Å². The Labute approximate surface area is 153 Å². The molecule has 0 fully saturated rings. The standard InChI is InChI=1S/C20H24N2O4/c1-5-25-17-9-8-16(11-19(17)24-4)12-21-22-20(23)13-26-18-10-14(2)6-7-15(18)3/h6-12H,5,13H2,1-4H3,(H,22,23). The first-order valence-electron chi connectivity index (χ1n) is 8.36. The van der Waals surface area contributed by atoms with E-state index in [1.165, 1.54) is 6.21 Å². The van der Waals surface area contributed by atoms with Gasteiger partial charge in [0.05, 0.1) is 19.9 Å². The Balaban J connectivity index is 1.89. The molecule has 0 spiro atoms.